The molecule has 0 aromatic rings. The van der Waals surface area contributed by atoms with Crippen molar-refractivity contribution >= 4 is 35.5 Å². The molecule has 0 unspecified atom stereocenters. The van der Waals surface area contributed by atoms with Crippen LogP contribution in [0, 0.1) is 0 Å². The van der Waals surface area contributed by atoms with Crippen LogP contribution in [-0.2, 0) is 19.1 Å². The molecular formula is C56H112O4S2. The number of ether oxygens (including phenoxy) is 2. The van der Waals surface area contributed by atoms with Crippen LogP contribution in [0.3, 0.4) is 0 Å². The monoisotopic (exact) mass is 913 g/mol. The van der Waals surface area contributed by atoms with Crippen molar-refractivity contribution in [2.45, 2.75) is 310 Å². The Labute approximate surface area is 399 Å². The number of carbonyl (C=O) groups is 2. The molecule has 0 aliphatic carbocycles. The van der Waals surface area contributed by atoms with Gasteiger partial charge in [-0.05, 0) is 37.2 Å². The highest BCUT2D eigenvalue weighted by Gasteiger charge is 2.05. The number of hydrogen-bond acceptors (Lipinski definition) is 6. The van der Waals surface area contributed by atoms with Gasteiger partial charge in [0.1, 0.15) is 0 Å². The Bertz CT molecular complexity index is 758. The second-order valence-electron chi connectivity index (χ2n) is 18.6. The van der Waals surface area contributed by atoms with Crippen LogP contribution in [0.4, 0.5) is 0 Å². The van der Waals surface area contributed by atoms with Gasteiger partial charge in [-0.25, -0.2) is 0 Å². The normalized spacial score (nSPS) is 11.2. The Kier molecular flexibility index (Phi) is 62.3. The van der Waals surface area contributed by atoms with Gasteiger partial charge in [0.2, 0.25) is 0 Å². The first-order valence-electron chi connectivity index (χ1n) is 28.1. The highest BCUT2D eigenvalue weighted by atomic mass is 32.2. The fourth-order valence-electron chi connectivity index (χ4n) is 7.95. The second-order valence-corrected chi connectivity index (χ2v) is 21.1. The number of thioether (sulfide) groups is 2. The van der Waals surface area contributed by atoms with Crippen LogP contribution in [0.15, 0.2) is 0 Å². The molecule has 0 atom stereocenters. The van der Waals surface area contributed by atoms with Gasteiger partial charge in [-0.2, -0.15) is 23.5 Å². The van der Waals surface area contributed by atoms with E-state index < -0.39 is 0 Å². The molecule has 0 aromatic heterocycles. The van der Waals surface area contributed by atoms with Gasteiger partial charge in [0.05, 0.1) is 26.1 Å². The molecule has 372 valence electrons. The molecule has 0 amide bonds. The zero-order valence-corrected chi connectivity index (χ0v) is 44.4. The molecule has 0 aromatic carbocycles. The maximum atomic E-state index is 11.8. The average Bonchev–Trinajstić information content (AvgIpc) is 3.27. The predicted octanol–water partition coefficient (Wildman–Crippen LogP) is 19.8. The SMILES string of the molecule is CCCCCCCCCCCCCOC(=O)CCSCCCCCCCCCCCC.CCCCCCCCCCCCCOC(=O)CCSCCCCCCCCCCCC. The lowest BCUT2D eigenvalue weighted by atomic mass is 10.1. The lowest BCUT2D eigenvalue weighted by Gasteiger charge is -2.06. The fraction of sp³-hybridized carbons (Fsp3) is 0.964. The lowest BCUT2D eigenvalue weighted by Crippen LogP contribution is -2.07. The van der Waals surface area contributed by atoms with Crippen LogP contribution in [0.2, 0.25) is 0 Å². The van der Waals surface area contributed by atoms with Gasteiger partial charge < -0.3 is 9.47 Å². The minimum Gasteiger partial charge on any atom is -0.466 e. The standard InChI is InChI=1S/2C28H56O2S/c2*1-3-5-7-9-11-13-15-16-18-20-22-25-30-28(29)24-27-31-26-23-21-19-17-14-12-10-8-6-4-2/h2*3-27H2,1-2H3. The summed E-state index contributed by atoms with van der Waals surface area (Å²) in [4.78, 5) is 23.6. The summed E-state index contributed by atoms with van der Waals surface area (Å²) in [6.07, 6.45) is 58.2. The third kappa shape index (κ3) is 61.7. The smallest absolute Gasteiger partial charge is 0.306 e. The third-order valence-electron chi connectivity index (χ3n) is 12.2. The molecule has 0 radical (unpaired) electrons. The minimum absolute atomic E-state index is 0.00246. The molecule has 0 saturated heterocycles. The zero-order valence-electron chi connectivity index (χ0n) is 42.8. The van der Waals surface area contributed by atoms with Gasteiger partial charge >= 0.3 is 11.9 Å². The first kappa shape index (κ1) is 63.7. The zero-order chi connectivity index (χ0) is 45.3. The lowest BCUT2D eigenvalue weighted by molar-refractivity contribution is -0.144. The number of carbonyl (C=O) groups excluding carboxylic acids is 2. The summed E-state index contributed by atoms with van der Waals surface area (Å²) in [6, 6.07) is 0. The van der Waals surface area contributed by atoms with Gasteiger partial charge in [-0.15, -0.1) is 0 Å². The van der Waals surface area contributed by atoms with Crippen LogP contribution < -0.4 is 0 Å². The van der Waals surface area contributed by atoms with Crippen LogP contribution >= 0.6 is 23.5 Å². The molecule has 0 aliphatic heterocycles. The van der Waals surface area contributed by atoms with Crippen molar-refractivity contribution in [2.75, 3.05) is 36.2 Å². The van der Waals surface area contributed by atoms with Crippen molar-refractivity contribution in [2.24, 2.45) is 0 Å². The van der Waals surface area contributed by atoms with Crippen molar-refractivity contribution in [1.29, 1.82) is 0 Å². The quantitative estimate of drug-likeness (QED) is 0.0448. The Morgan fingerprint density at radius 2 is 0.452 bits per heavy atom. The van der Waals surface area contributed by atoms with E-state index in [9.17, 15) is 9.59 Å². The van der Waals surface area contributed by atoms with Crippen molar-refractivity contribution in [3.8, 4) is 0 Å². The highest BCUT2D eigenvalue weighted by Crippen LogP contribution is 2.16. The molecule has 62 heavy (non-hydrogen) atoms. The summed E-state index contributed by atoms with van der Waals surface area (Å²) in [7, 11) is 0. The van der Waals surface area contributed by atoms with E-state index in [0.29, 0.717) is 26.1 Å². The highest BCUT2D eigenvalue weighted by molar-refractivity contribution is 7.99. The molecule has 0 fully saturated rings. The van der Waals surface area contributed by atoms with Crippen LogP contribution in [0.5, 0.6) is 0 Å². The van der Waals surface area contributed by atoms with Gasteiger partial charge in [-0.3, -0.25) is 9.59 Å². The topological polar surface area (TPSA) is 52.6 Å². The Morgan fingerprint density at radius 1 is 0.258 bits per heavy atom. The van der Waals surface area contributed by atoms with Gasteiger partial charge in [0.15, 0.2) is 0 Å². The molecule has 0 spiro atoms. The summed E-state index contributed by atoms with van der Waals surface area (Å²) in [6.45, 7) is 10.4. The predicted molar refractivity (Wildman–Crippen MR) is 282 cm³/mol. The van der Waals surface area contributed by atoms with E-state index >= 15 is 0 Å². The first-order chi connectivity index (χ1) is 30.6. The van der Waals surface area contributed by atoms with E-state index in [1.54, 1.807) is 0 Å². The molecule has 6 heteroatoms. The van der Waals surface area contributed by atoms with Crippen LogP contribution in [-0.4, -0.2) is 48.2 Å². The summed E-state index contributed by atoms with van der Waals surface area (Å²) >= 11 is 3.84. The molecule has 0 N–H and O–H groups in total. The first-order valence-corrected chi connectivity index (χ1v) is 30.4. The molecule has 0 heterocycles. The largest absolute Gasteiger partial charge is 0.466 e. The maximum Gasteiger partial charge on any atom is 0.306 e. The third-order valence-corrected chi connectivity index (χ3v) is 14.3. The maximum absolute atomic E-state index is 11.8. The van der Waals surface area contributed by atoms with Crippen molar-refractivity contribution in [3.63, 3.8) is 0 Å². The van der Waals surface area contributed by atoms with Crippen molar-refractivity contribution in [1.82, 2.24) is 0 Å². The van der Waals surface area contributed by atoms with Gasteiger partial charge in [0.25, 0.3) is 0 Å². The van der Waals surface area contributed by atoms with Gasteiger partial charge in [-0.1, -0.05) is 272 Å². The summed E-state index contributed by atoms with van der Waals surface area (Å²) in [5, 5.41) is 0. The van der Waals surface area contributed by atoms with Crippen LogP contribution in [0.25, 0.3) is 0 Å². The molecule has 0 aliphatic rings. The minimum atomic E-state index is 0.00246. The van der Waals surface area contributed by atoms with E-state index in [-0.39, 0.29) is 11.9 Å². The Hall–Kier alpha value is -0.360. The number of unbranched alkanes of at least 4 members (excludes halogenated alkanes) is 38. The number of rotatable bonds is 52. The van der Waals surface area contributed by atoms with Gasteiger partial charge in [0, 0.05) is 11.5 Å². The summed E-state index contributed by atoms with van der Waals surface area (Å²) in [5.41, 5.74) is 0. The summed E-state index contributed by atoms with van der Waals surface area (Å²) < 4.78 is 10.8. The van der Waals surface area contributed by atoms with E-state index in [0.717, 1.165) is 24.3 Å². The molecule has 0 rings (SSSR count). The molecule has 0 bridgehead atoms. The average molecular weight is 914 g/mol. The van der Waals surface area contributed by atoms with E-state index in [1.807, 2.05) is 23.5 Å². The second kappa shape index (κ2) is 60.6. The number of hydrogen-bond donors (Lipinski definition) is 0. The molecule has 0 saturated carbocycles. The van der Waals surface area contributed by atoms with E-state index in [2.05, 4.69) is 27.7 Å². The molecule has 4 nitrogen and oxygen atoms in total. The summed E-state index contributed by atoms with van der Waals surface area (Å²) in [5.74, 6) is 4.25. The number of esters is 2. The fourth-order valence-corrected chi connectivity index (χ4v) is 9.79. The Morgan fingerprint density at radius 3 is 0.677 bits per heavy atom. The van der Waals surface area contributed by atoms with Crippen molar-refractivity contribution in [3.05, 3.63) is 0 Å². The van der Waals surface area contributed by atoms with Crippen LogP contribution in [0.1, 0.15) is 310 Å². The van der Waals surface area contributed by atoms with E-state index in [4.69, 9.17) is 9.47 Å². The Balaban J connectivity index is 0. The van der Waals surface area contributed by atoms with E-state index in [1.165, 1.54) is 268 Å². The molecular weight excluding hydrogens is 801 g/mol. The van der Waals surface area contributed by atoms with Crippen molar-refractivity contribution < 1.29 is 19.1 Å².